The first kappa shape index (κ1) is 12.3. The van der Waals surface area contributed by atoms with Gasteiger partial charge in [-0.15, -0.1) is 0 Å². The summed E-state index contributed by atoms with van der Waals surface area (Å²) in [6.45, 7) is 0. The van der Waals surface area contributed by atoms with E-state index in [2.05, 4.69) is 16.3 Å². The Balaban J connectivity index is 2.86. The topological polar surface area (TPSA) is 29.5 Å². The Bertz CT molecular complexity index is 358. The summed E-state index contributed by atoms with van der Waals surface area (Å²) in [5, 5.41) is 8.79. The van der Waals surface area contributed by atoms with Gasteiger partial charge in [0, 0.05) is 6.07 Å². The van der Waals surface area contributed by atoms with Crippen LogP contribution in [0.3, 0.4) is 0 Å². The third kappa shape index (κ3) is 3.07. The third-order valence-corrected chi connectivity index (χ3v) is 1.98. The van der Waals surface area contributed by atoms with Gasteiger partial charge in [0.15, 0.2) is 0 Å². The average molecular weight is 261 g/mol. The van der Waals surface area contributed by atoms with Crippen LogP contribution in [0, 0.1) is 0 Å². The summed E-state index contributed by atoms with van der Waals surface area (Å²) in [5.74, 6) is -0.693. The molecule has 0 aliphatic carbocycles. The van der Waals surface area contributed by atoms with Crippen molar-refractivity contribution in [2.24, 2.45) is 0 Å². The molecule has 0 aliphatic heterocycles. The van der Waals surface area contributed by atoms with Crippen molar-refractivity contribution in [2.75, 3.05) is 0 Å². The Labute approximate surface area is 93.2 Å². The van der Waals surface area contributed by atoms with Crippen LogP contribution in [0.1, 0.15) is 0 Å². The van der Waals surface area contributed by atoms with Gasteiger partial charge in [0.05, 0.1) is 5.02 Å². The van der Waals surface area contributed by atoms with Gasteiger partial charge in [-0.3, -0.25) is 0 Å². The zero-order valence-corrected chi connectivity index (χ0v) is 8.57. The quantitative estimate of drug-likeness (QED) is 0.843. The van der Waals surface area contributed by atoms with Crippen LogP contribution in [-0.4, -0.2) is 16.8 Å². The Hall–Kier alpha value is -0.810. The number of alkyl halides is 4. The first-order valence-corrected chi connectivity index (χ1v) is 4.48. The second kappa shape index (κ2) is 4.37. The number of phenols is 1. The molecule has 7 heteroatoms. The summed E-state index contributed by atoms with van der Waals surface area (Å²) >= 11 is 9.99. The van der Waals surface area contributed by atoms with Crippen LogP contribution in [0.15, 0.2) is 18.2 Å². The fourth-order valence-corrected chi connectivity index (χ4v) is 0.968. The van der Waals surface area contributed by atoms with E-state index in [1.54, 1.807) is 0 Å². The van der Waals surface area contributed by atoms with Gasteiger partial charge in [-0.05, 0) is 12.1 Å². The lowest BCUT2D eigenvalue weighted by molar-refractivity contribution is -0.199. The molecule has 0 heterocycles. The molecule has 1 unspecified atom stereocenters. The molecular weight excluding hydrogens is 256 g/mol. The molecule has 0 saturated heterocycles. The standard InChI is InChI=1S/C8H5Cl2F3O2/c9-5-3-4(1-2-6(5)14)15-8(12,13)7(10)11/h1-3,7,14H. The predicted molar refractivity (Wildman–Crippen MR) is 49.4 cm³/mol. The Kier molecular flexibility index (Phi) is 3.57. The molecular formula is C8H5Cl2F3O2. The number of rotatable bonds is 3. The molecule has 0 aromatic heterocycles. The molecule has 84 valence electrons. The number of phenolic OH excluding ortho intramolecular Hbond substituents is 1. The van der Waals surface area contributed by atoms with Gasteiger partial charge in [-0.25, -0.2) is 4.39 Å². The predicted octanol–water partition coefficient (Wildman–Crippen LogP) is 3.55. The van der Waals surface area contributed by atoms with Crippen molar-refractivity contribution in [3.05, 3.63) is 23.2 Å². The number of aromatic hydroxyl groups is 1. The maximum Gasteiger partial charge on any atom is 0.444 e. The van der Waals surface area contributed by atoms with Gasteiger partial charge in [0.25, 0.3) is 5.63 Å². The molecule has 0 radical (unpaired) electrons. The largest absolute Gasteiger partial charge is 0.506 e. The number of benzene rings is 1. The SMILES string of the molecule is Oc1ccc(OC(F)(F)C(F)Cl)cc1Cl. The zero-order chi connectivity index (χ0) is 11.6. The fourth-order valence-electron chi connectivity index (χ4n) is 0.753. The summed E-state index contributed by atoms with van der Waals surface area (Å²) in [6.07, 6.45) is -4.15. The van der Waals surface area contributed by atoms with Gasteiger partial charge in [-0.2, -0.15) is 8.78 Å². The minimum Gasteiger partial charge on any atom is -0.506 e. The van der Waals surface area contributed by atoms with Crippen molar-refractivity contribution in [1.29, 1.82) is 0 Å². The molecule has 2 nitrogen and oxygen atoms in total. The van der Waals surface area contributed by atoms with Gasteiger partial charge in [-0.1, -0.05) is 23.2 Å². The average Bonchev–Trinajstić information content (AvgIpc) is 2.10. The Morgan fingerprint density at radius 1 is 1.40 bits per heavy atom. The Morgan fingerprint density at radius 2 is 2.00 bits per heavy atom. The van der Waals surface area contributed by atoms with E-state index in [1.807, 2.05) is 0 Å². The second-order valence-corrected chi connectivity index (χ2v) is 3.37. The number of hydrogen-bond acceptors (Lipinski definition) is 2. The van der Waals surface area contributed by atoms with Crippen LogP contribution < -0.4 is 4.74 Å². The van der Waals surface area contributed by atoms with Crippen LogP contribution in [0.4, 0.5) is 13.2 Å². The third-order valence-electron chi connectivity index (χ3n) is 1.43. The minimum absolute atomic E-state index is 0.187. The van der Waals surface area contributed by atoms with E-state index in [9.17, 15) is 13.2 Å². The molecule has 0 aliphatic rings. The van der Waals surface area contributed by atoms with E-state index in [4.69, 9.17) is 16.7 Å². The molecule has 0 bridgehead atoms. The number of ether oxygens (including phenoxy) is 1. The summed E-state index contributed by atoms with van der Waals surface area (Å²) < 4.78 is 41.4. The van der Waals surface area contributed by atoms with E-state index in [0.717, 1.165) is 18.2 Å². The first-order valence-electron chi connectivity index (χ1n) is 3.66. The lowest BCUT2D eigenvalue weighted by atomic mass is 10.3. The van der Waals surface area contributed by atoms with Crippen molar-refractivity contribution in [3.8, 4) is 11.5 Å². The van der Waals surface area contributed by atoms with Gasteiger partial charge < -0.3 is 9.84 Å². The smallest absolute Gasteiger partial charge is 0.444 e. The lowest BCUT2D eigenvalue weighted by Gasteiger charge is -2.17. The molecule has 15 heavy (non-hydrogen) atoms. The van der Waals surface area contributed by atoms with Crippen LogP contribution in [-0.2, 0) is 0 Å². The monoisotopic (exact) mass is 260 g/mol. The Morgan fingerprint density at radius 3 is 2.47 bits per heavy atom. The van der Waals surface area contributed by atoms with Gasteiger partial charge in [0.1, 0.15) is 11.5 Å². The van der Waals surface area contributed by atoms with Crippen LogP contribution >= 0.6 is 23.2 Å². The lowest BCUT2D eigenvalue weighted by Crippen LogP contribution is -2.32. The second-order valence-electron chi connectivity index (χ2n) is 2.58. The van der Waals surface area contributed by atoms with E-state index in [-0.39, 0.29) is 10.8 Å². The van der Waals surface area contributed by atoms with E-state index in [1.165, 1.54) is 0 Å². The van der Waals surface area contributed by atoms with Crippen LogP contribution in [0.5, 0.6) is 11.5 Å². The number of hydrogen-bond donors (Lipinski definition) is 1. The maximum absolute atomic E-state index is 12.6. The molecule has 1 N–H and O–H groups in total. The summed E-state index contributed by atoms with van der Waals surface area (Å²) in [5.41, 5.74) is -2.97. The molecule has 1 aromatic rings. The molecule has 0 fully saturated rings. The maximum atomic E-state index is 12.6. The van der Waals surface area contributed by atoms with E-state index >= 15 is 0 Å². The highest BCUT2D eigenvalue weighted by molar-refractivity contribution is 6.32. The van der Waals surface area contributed by atoms with Crippen molar-refractivity contribution in [2.45, 2.75) is 11.7 Å². The van der Waals surface area contributed by atoms with Crippen LogP contribution in [0.2, 0.25) is 5.02 Å². The number of halogens is 5. The van der Waals surface area contributed by atoms with Crippen molar-refractivity contribution in [3.63, 3.8) is 0 Å². The fraction of sp³-hybridized carbons (Fsp3) is 0.250. The van der Waals surface area contributed by atoms with Gasteiger partial charge >= 0.3 is 6.11 Å². The highest BCUT2D eigenvalue weighted by Gasteiger charge is 2.42. The summed E-state index contributed by atoms with van der Waals surface area (Å²) in [6, 6.07) is 2.97. The molecule has 0 spiro atoms. The van der Waals surface area contributed by atoms with Crippen molar-refractivity contribution in [1.82, 2.24) is 0 Å². The summed E-state index contributed by atoms with van der Waals surface area (Å²) in [7, 11) is 0. The van der Waals surface area contributed by atoms with Crippen LogP contribution in [0.25, 0.3) is 0 Å². The summed E-state index contributed by atoms with van der Waals surface area (Å²) in [4.78, 5) is 0. The highest BCUT2D eigenvalue weighted by atomic mass is 35.5. The van der Waals surface area contributed by atoms with E-state index in [0.29, 0.717) is 0 Å². The van der Waals surface area contributed by atoms with Gasteiger partial charge in [0.2, 0.25) is 0 Å². The molecule has 1 atom stereocenters. The van der Waals surface area contributed by atoms with Crippen molar-refractivity contribution < 1.29 is 23.0 Å². The molecule has 1 aromatic carbocycles. The first-order chi connectivity index (χ1) is 6.83. The molecule has 1 rings (SSSR count). The van der Waals surface area contributed by atoms with E-state index < -0.39 is 17.5 Å². The normalized spacial score (nSPS) is 13.7. The molecule has 0 amide bonds. The minimum atomic E-state index is -4.15. The zero-order valence-electron chi connectivity index (χ0n) is 7.05. The highest BCUT2D eigenvalue weighted by Crippen LogP contribution is 2.32. The van der Waals surface area contributed by atoms with Crippen molar-refractivity contribution >= 4 is 23.2 Å². The molecule has 0 saturated carbocycles.